The molecule has 0 aromatic heterocycles. The van der Waals surface area contributed by atoms with Crippen LogP contribution in [-0.2, 0) is 22.3 Å². The average molecular weight is 323 g/mol. The van der Waals surface area contributed by atoms with E-state index in [1.54, 1.807) is 18.2 Å². The summed E-state index contributed by atoms with van der Waals surface area (Å²) in [6.07, 6.45) is 0. The number of benzene rings is 2. The maximum atomic E-state index is 12.2. The molecule has 0 saturated carbocycles. The third-order valence-electron chi connectivity index (χ3n) is 3.02. The molecule has 110 valence electrons. The van der Waals surface area contributed by atoms with Crippen LogP contribution in [-0.4, -0.2) is 10.1 Å². The van der Waals surface area contributed by atoms with E-state index in [1.807, 2.05) is 18.2 Å². The number of halogens is 1. The van der Waals surface area contributed by atoms with E-state index < -0.39 is 16.7 Å². The third-order valence-corrected chi connectivity index (χ3v) is 4.66. The third kappa shape index (κ3) is 4.06. The van der Waals surface area contributed by atoms with Crippen LogP contribution in [0.5, 0.6) is 0 Å². The summed E-state index contributed by atoms with van der Waals surface area (Å²) in [5.41, 5.74) is 13.4. The van der Waals surface area contributed by atoms with Gasteiger partial charge in [0, 0.05) is 27.1 Å². The van der Waals surface area contributed by atoms with Gasteiger partial charge >= 0.3 is 0 Å². The van der Waals surface area contributed by atoms with E-state index in [0.29, 0.717) is 27.8 Å². The Bertz CT molecular complexity index is 704. The van der Waals surface area contributed by atoms with Gasteiger partial charge < -0.3 is 11.5 Å². The van der Waals surface area contributed by atoms with E-state index in [0.717, 1.165) is 11.1 Å². The molecule has 0 aliphatic carbocycles. The highest BCUT2D eigenvalue weighted by Crippen LogP contribution is 2.20. The number of hydrogen-bond donors (Lipinski definition) is 2. The molecule has 4 nitrogen and oxygen atoms in total. The number of nitrogens with two attached hydrogens (primary N) is 2. The van der Waals surface area contributed by atoms with Gasteiger partial charge in [-0.25, -0.2) is 0 Å². The van der Waals surface area contributed by atoms with Gasteiger partial charge in [0.15, 0.2) is 0 Å². The van der Waals surface area contributed by atoms with Crippen molar-refractivity contribution in [2.24, 2.45) is 5.73 Å². The van der Waals surface area contributed by atoms with E-state index in [2.05, 4.69) is 0 Å². The van der Waals surface area contributed by atoms with Crippen molar-refractivity contribution in [3.05, 3.63) is 64.2 Å². The Labute approximate surface area is 130 Å². The minimum absolute atomic E-state index is 0.302. The van der Waals surface area contributed by atoms with Crippen molar-refractivity contribution < 1.29 is 9.00 Å². The van der Waals surface area contributed by atoms with E-state index in [9.17, 15) is 9.00 Å². The van der Waals surface area contributed by atoms with Crippen LogP contribution < -0.4 is 11.5 Å². The molecule has 0 heterocycles. The molecule has 0 spiro atoms. The van der Waals surface area contributed by atoms with Crippen molar-refractivity contribution in [3.63, 3.8) is 0 Å². The van der Waals surface area contributed by atoms with Crippen LogP contribution in [0, 0.1) is 0 Å². The molecule has 2 aromatic rings. The summed E-state index contributed by atoms with van der Waals surface area (Å²) in [4.78, 5) is 11.1. The van der Waals surface area contributed by atoms with Gasteiger partial charge in [0.1, 0.15) is 0 Å². The van der Waals surface area contributed by atoms with Crippen LogP contribution in [0.3, 0.4) is 0 Å². The summed E-state index contributed by atoms with van der Waals surface area (Å²) < 4.78 is 12.2. The summed E-state index contributed by atoms with van der Waals surface area (Å²) in [6, 6.07) is 12.1. The first-order valence-electron chi connectivity index (χ1n) is 6.24. The SMILES string of the molecule is NC(=O)c1ccc(CS(=O)Cc2ccccc2Cl)c(N)c1. The minimum atomic E-state index is -1.14. The summed E-state index contributed by atoms with van der Waals surface area (Å²) >= 11 is 6.05. The Kier molecular flexibility index (Phi) is 4.98. The zero-order valence-corrected chi connectivity index (χ0v) is 12.8. The topological polar surface area (TPSA) is 86.2 Å². The molecule has 1 unspecified atom stereocenters. The molecule has 0 bridgehead atoms. The highest BCUT2D eigenvalue weighted by molar-refractivity contribution is 7.83. The molecule has 0 radical (unpaired) electrons. The van der Waals surface area contributed by atoms with Crippen molar-refractivity contribution in [1.29, 1.82) is 0 Å². The van der Waals surface area contributed by atoms with Crippen LogP contribution >= 0.6 is 11.6 Å². The lowest BCUT2D eigenvalue weighted by molar-refractivity contribution is 0.100. The lowest BCUT2D eigenvalue weighted by atomic mass is 10.1. The minimum Gasteiger partial charge on any atom is -0.398 e. The van der Waals surface area contributed by atoms with Gasteiger partial charge in [0.25, 0.3) is 0 Å². The Morgan fingerprint density at radius 2 is 1.76 bits per heavy atom. The summed E-state index contributed by atoms with van der Waals surface area (Å²) in [7, 11) is -1.14. The van der Waals surface area contributed by atoms with Gasteiger partial charge in [-0.05, 0) is 29.3 Å². The number of carbonyl (C=O) groups excluding carboxylic acids is 1. The Hall–Kier alpha value is -1.85. The van der Waals surface area contributed by atoms with Crippen LogP contribution in [0.15, 0.2) is 42.5 Å². The van der Waals surface area contributed by atoms with Crippen LogP contribution in [0.2, 0.25) is 5.02 Å². The number of amides is 1. The highest BCUT2D eigenvalue weighted by atomic mass is 35.5. The first-order chi connectivity index (χ1) is 9.97. The van der Waals surface area contributed by atoms with Crippen molar-refractivity contribution >= 4 is 34.0 Å². The molecule has 0 aliphatic rings. The maximum absolute atomic E-state index is 12.2. The number of primary amides is 1. The second kappa shape index (κ2) is 6.74. The lowest BCUT2D eigenvalue weighted by Gasteiger charge is -2.08. The molecule has 21 heavy (non-hydrogen) atoms. The number of nitrogen functional groups attached to an aromatic ring is 1. The zero-order chi connectivity index (χ0) is 15.4. The summed E-state index contributed by atoms with van der Waals surface area (Å²) in [5.74, 6) is 0.123. The monoisotopic (exact) mass is 322 g/mol. The molecule has 1 amide bonds. The fourth-order valence-corrected chi connectivity index (χ4v) is 3.49. The molecule has 0 aliphatic heterocycles. The summed E-state index contributed by atoms with van der Waals surface area (Å²) in [5, 5.41) is 0.600. The number of hydrogen-bond acceptors (Lipinski definition) is 3. The standard InChI is InChI=1S/C15H15ClN2O2S/c16-13-4-2-1-3-11(13)8-21(20)9-12-6-5-10(15(18)19)7-14(12)17/h1-7H,8-9,17H2,(H2,18,19). The predicted octanol–water partition coefficient (Wildman–Crippen LogP) is 2.47. The Balaban J connectivity index is 2.10. The van der Waals surface area contributed by atoms with Gasteiger partial charge in [-0.3, -0.25) is 9.00 Å². The molecule has 6 heteroatoms. The quantitative estimate of drug-likeness (QED) is 0.829. The zero-order valence-electron chi connectivity index (χ0n) is 11.2. The van der Waals surface area contributed by atoms with Crippen LogP contribution in [0.4, 0.5) is 5.69 Å². The van der Waals surface area contributed by atoms with Crippen molar-refractivity contribution in [2.75, 3.05) is 5.73 Å². The molecular weight excluding hydrogens is 308 g/mol. The Morgan fingerprint density at radius 3 is 2.38 bits per heavy atom. The summed E-state index contributed by atoms with van der Waals surface area (Å²) in [6.45, 7) is 0. The fourth-order valence-electron chi connectivity index (χ4n) is 1.89. The molecule has 1 atom stereocenters. The van der Waals surface area contributed by atoms with Gasteiger partial charge in [-0.1, -0.05) is 35.9 Å². The van der Waals surface area contributed by atoms with Gasteiger partial charge in [0.2, 0.25) is 5.91 Å². The normalized spacial score (nSPS) is 12.0. The average Bonchev–Trinajstić information content (AvgIpc) is 2.43. The van der Waals surface area contributed by atoms with Gasteiger partial charge in [0.05, 0.1) is 11.5 Å². The van der Waals surface area contributed by atoms with Crippen molar-refractivity contribution in [3.8, 4) is 0 Å². The smallest absolute Gasteiger partial charge is 0.248 e. The molecule has 4 N–H and O–H groups in total. The van der Waals surface area contributed by atoms with Crippen LogP contribution in [0.1, 0.15) is 21.5 Å². The number of rotatable bonds is 5. The number of carbonyl (C=O) groups is 1. The molecule has 2 aromatic carbocycles. The van der Waals surface area contributed by atoms with Crippen molar-refractivity contribution in [1.82, 2.24) is 0 Å². The second-order valence-corrected chi connectivity index (χ2v) is 6.46. The van der Waals surface area contributed by atoms with Crippen LogP contribution in [0.25, 0.3) is 0 Å². The first-order valence-corrected chi connectivity index (χ1v) is 8.10. The van der Waals surface area contributed by atoms with E-state index in [1.165, 1.54) is 6.07 Å². The lowest BCUT2D eigenvalue weighted by Crippen LogP contribution is -2.12. The second-order valence-electron chi connectivity index (χ2n) is 4.60. The van der Waals surface area contributed by atoms with E-state index >= 15 is 0 Å². The largest absolute Gasteiger partial charge is 0.398 e. The fraction of sp³-hybridized carbons (Fsp3) is 0.133. The van der Waals surface area contributed by atoms with Crippen molar-refractivity contribution in [2.45, 2.75) is 11.5 Å². The van der Waals surface area contributed by atoms with E-state index in [-0.39, 0.29) is 0 Å². The first kappa shape index (κ1) is 15.5. The highest BCUT2D eigenvalue weighted by Gasteiger charge is 2.10. The predicted molar refractivity (Wildman–Crippen MR) is 86.4 cm³/mol. The molecule has 0 fully saturated rings. The maximum Gasteiger partial charge on any atom is 0.248 e. The number of anilines is 1. The Morgan fingerprint density at radius 1 is 1.10 bits per heavy atom. The van der Waals surface area contributed by atoms with E-state index in [4.69, 9.17) is 23.1 Å². The van der Waals surface area contributed by atoms with Gasteiger partial charge in [-0.2, -0.15) is 0 Å². The van der Waals surface area contributed by atoms with Gasteiger partial charge in [-0.15, -0.1) is 0 Å². The molecular formula is C15H15ClN2O2S. The molecule has 0 saturated heterocycles. The molecule has 2 rings (SSSR count).